The Morgan fingerprint density at radius 2 is 1.56 bits per heavy atom. The van der Waals surface area contributed by atoms with Gasteiger partial charge in [-0.3, -0.25) is 0 Å². The first-order chi connectivity index (χ1) is 25.5. The Bertz CT molecular complexity index is 2390. The summed E-state index contributed by atoms with van der Waals surface area (Å²) in [6.45, 7) is 4.94. The van der Waals surface area contributed by atoms with Gasteiger partial charge < -0.3 is 4.90 Å². The molecule has 0 saturated heterocycles. The Balaban J connectivity index is 0.892. The minimum absolute atomic E-state index is 0.0238. The monoisotopic (exact) mass is 692 g/mol. The van der Waals surface area contributed by atoms with Crippen LogP contribution in [0.3, 0.4) is 0 Å². The second-order valence-electron chi connectivity index (χ2n) is 16.1. The molecule has 4 aliphatic carbocycles. The first-order valence-corrected chi connectivity index (χ1v) is 19.9. The minimum atomic E-state index is 0.0238. The molecular formula is C48H42N3S+. The van der Waals surface area contributed by atoms with E-state index in [0.29, 0.717) is 23.7 Å². The van der Waals surface area contributed by atoms with Crippen LogP contribution in [0.2, 0.25) is 0 Å². The number of amidine groups is 1. The molecule has 4 heteroatoms. The van der Waals surface area contributed by atoms with Crippen molar-refractivity contribution in [2.24, 2.45) is 23.7 Å². The molecule has 3 heterocycles. The number of nitrogens with one attached hydrogen (secondary N) is 1. The van der Waals surface area contributed by atoms with Crippen molar-refractivity contribution < 1.29 is 0 Å². The Kier molecular flexibility index (Phi) is 6.61. The molecule has 4 aromatic rings. The van der Waals surface area contributed by atoms with Crippen LogP contribution < -0.4 is 14.9 Å². The van der Waals surface area contributed by atoms with Crippen molar-refractivity contribution in [1.82, 2.24) is 9.98 Å². The van der Waals surface area contributed by atoms with E-state index in [1.807, 2.05) is 0 Å². The highest BCUT2D eigenvalue weighted by atomic mass is 32.2. The zero-order valence-corrected chi connectivity index (χ0v) is 30.5. The third-order valence-electron chi connectivity index (χ3n) is 12.9. The van der Waals surface area contributed by atoms with Crippen molar-refractivity contribution in [3.63, 3.8) is 0 Å². The number of anilines is 1. The number of hydrogen-bond donors (Lipinski definition) is 1. The first kappa shape index (κ1) is 30.6. The van der Waals surface area contributed by atoms with Gasteiger partial charge in [0.25, 0.3) is 0 Å². The van der Waals surface area contributed by atoms with Gasteiger partial charge in [-0.2, -0.15) is 0 Å². The van der Waals surface area contributed by atoms with E-state index in [0.717, 1.165) is 17.8 Å². The smallest absolute Gasteiger partial charge is 0.334 e. The van der Waals surface area contributed by atoms with Crippen molar-refractivity contribution in [2.75, 3.05) is 4.90 Å². The van der Waals surface area contributed by atoms with Gasteiger partial charge in [0.1, 0.15) is 0 Å². The molecule has 1 spiro atoms. The Morgan fingerprint density at radius 1 is 0.788 bits per heavy atom. The van der Waals surface area contributed by atoms with Crippen molar-refractivity contribution in [1.29, 1.82) is 0 Å². The number of thioether (sulfide) groups is 1. The molecule has 2 bridgehead atoms. The summed E-state index contributed by atoms with van der Waals surface area (Å²) in [6, 6.07) is 37.6. The lowest BCUT2D eigenvalue weighted by Crippen LogP contribution is -2.45. The van der Waals surface area contributed by atoms with E-state index in [9.17, 15) is 0 Å². The predicted molar refractivity (Wildman–Crippen MR) is 218 cm³/mol. The maximum Gasteiger partial charge on any atom is 0.375 e. The highest BCUT2D eigenvalue weighted by Gasteiger charge is 2.63. The van der Waals surface area contributed by atoms with Crippen molar-refractivity contribution in [3.8, 4) is 22.3 Å². The topological polar surface area (TPSA) is 29.4 Å². The van der Waals surface area contributed by atoms with E-state index in [1.165, 1.54) is 46.3 Å². The molecule has 11 rings (SSSR count). The standard InChI is InChI=1S/C48H41N3S/c1-30-24-39-40-16-6-7-22-47(40,2)52-45(39)43-41-25-31-21-23-48(41,28-31)51(44(30)43)38-15-9-14-37(27-38)46-49-29-42(50-46)36-13-8-12-35(26-36)34-19-17-33(18-20-34)32-10-4-3-5-11-32/h3-23,26-27,29-31,40-42H,24-25,28H2,1-2H3/p+1. The lowest BCUT2D eigenvalue weighted by molar-refractivity contribution is 0.459. The van der Waals surface area contributed by atoms with Gasteiger partial charge in [0.15, 0.2) is 6.04 Å². The van der Waals surface area contributed by atoms with Crippen LogP contribution in [0.25, 0.3) is 22.3 Å². The van der Waals surface area contributed by atoms with Crippen molar-refractivity contribution in [2.45, 2.75) is 49.4 Å². The third-order valence-corrected chi connectivity index (χ3v) is 14.5. The number of allylic oxidation sites excluding steroid dienone is 7. The van der Waals surface area contributed by atoms with E-state index in [2.05, 4.69) is 182 Å². The molecule has 7 unspecified atom stereocenters. The van der Waals surface area contributed by atoms with Crippen LogP contribution in [-0.4, -0.2) is 22.3 Å². The highest BCUT2D eigenvalue weighted by Crippen LogP contribution is 2.69. The van der Waals surface area contributed by atoms with Crippen LogP contribution >= 0.6 is 11.8 Å². The zero-order chi connectivity index (χ0) is 34.6. The van der Waals surface area contributed by atoms with Crippen LogP contribution in [0.5, 0.6) is 0 Å². The van der Waals surface area contributed by atoms with Crippen molar-refractivity contribution in [3.05, 3.63) is 172 Å². The molecule has 1 N–H and O–H groups in total. The molecule has 7 atom stereocenters. The number of rotatable bonds is 5. The maximum absolute atomic E-state index is 4.99. The Labute approximate surface area is 311 Å². The van der Waals surface area contributed by atoms with Gasteiger partial charge in [-0.05, 0) is 89.8 Å². The fourth-order valence-corrected chi connectivity index (χ4v) is 12.2. The number of fused-ring (bicyclic) bond motifs is 5. The molecule has 0 amide bonds. The van der Waals surface area contributed by atoms with Crippen LogP contribution in [0.1, 0.15) is 50.3 Å². The number of nitrogens with zero attached hydrogens (tertiary/aromatic N) is 2. The van der Waals surface area contributed by atoms with Gasteiger partial charge in [0.05, 0.1) is 11.1 Å². The average molecular weight is 693 g/mol. The quantitative estimate of drug-likeness (QED) is 0.167. The lowest BCUT2D eigenvalue weighted by Gasteiger charge is -2.41. The Hall–Kier alpha value is -5.02. The van der Waals surface area contributed by atoms with Gasteiger partial charge in [0, 0.05) is 44.4 Å². The van der Waals surface area contributed by atoms with Gasteiger partial charge in [-0.1, -0.05) is 122 Å². The molecule has 52 heavy (non-hydrogen) atoms. The molecule has 0 radical (unpaired) electrons. The molecular weight excluding hydrogens is 651 g/mol. The van der Waals surface area contributed by atoms with Gasteiger partial charge in [-0.15, -0.1) is 11.8 Å². The lowest BCUT2D eigenvalue weighted by atomic mass is 9.74. The Morgan fingerprint density at radius 3 is 2.40 bits per heavy atom. The van der Waals surface area contributed by atoms with Gasteiger partial charge in [-0.25, -0.2) is 9.98 Å². The molecule has 1 fully saturated rings. The molecule has 254 valence electrons. The summed E-state index contributed by atoms with van der Waals surface area (Å²) in [5, 5.41) is 3.78. The summed E-state index contributed by atoms with van der Waals surface area (Å²) in [5.74, 6) is 3.16. The summed E-state index contributed by atoms with van der Waals surface area (Å²) in [6.07, 6.45) is 20.3. The normalized spacial score (nSPS) is 31.5. The summed E-state index contributed by atoms with van der Waals surface area (Å²) in [7, 11) is 0. The molecule has 3 nitrogen and oxygen atoms in total. The second-order valence-corrected chi connectivity index (χ2v) is 17.6. The van der Waals surface area contributed by atoms with E-state index < -0.39 is 0 Å². The van der Waals surface area contributed by atoms with Gasteiger partial charge >= 0.3 is 5.84 Å². The van der Waals surface area contributed by atoms with E-state index >= 15 is 0 Å². The predicted octanol–water partition coefficient (Wildman–Crippen LogP) is 10.2. The third kappa shape index (κ3) is 4.44. The van der Waals surface area contributed by atoms with E-state index in [1.54, 1.807) is 21.7 Å². The number of benzene rings is 4. The first-order valence-electron chi connectivity index (χ1n) is 19.0. The SMILES string of the molecule is CC1CC2=C(SC3(C)C=CC=CC23)C2=C1N(c1cccc(C3=[N+]=CC(c4cccc(-c5ccc(-c6ccccc6)cc5)c4)N3)c1)C13C=CC(CC21)C3. The van der Waals surface area contributed by atoms with Crippen LogP contribution in [0, 0.1) is 23.7 Å². The molecule has 4 aromatic carbocycles. The van der Waals surface area contributed by atoms with Crippen LogP contribution in [-0.2, 0) is 0 Å². The van der Waals surface area contributed by atoms with Crippen LogP contribution in [0.4, 0.5) is 5.69 Å². The highest BCUT2D eigenvalue weighted by molar-refractivity contribution is 8.05. The van der Waals surface area contributed by atoms with E-state index in [-0.39, 0.29) is 16.3 Å². The molecule has 1 saturated carbocycles. The summed E-state index contributed by atoms with van der Waals surface area (Å²) in [5.41, 5.74) is 13.6. The van der Waals surface area contributed by atoms with Crippen LogP contribution in [0.15, 0.2) is 161 Å². The summed E-state index contributed by atoms with van der Waals surface area (Å²) < 4.78 is 5.12. The molecule has 0 aromatic heterocycles. The fourth-order valence-electron chi connectivity index (χ4n) is 10.6. The molecule has 3 aliphatic heterocycles. The number of hydrogen-bond acceptors (Lipinski definition) is 3. The fraction of sp³-hybridized carbons (Fsp3) is 0.250. The molecule has 7 aliphatic rings. The maximum atomic E-state index is 4.99. The van der Waals surface area contributed by atoms with E-state index in [4.69, 9.17) is 4.67 Å². The van der Waals surface area contributed by atoms with Crippen molar-refractivity contribution >= 4 is 29.5 Å². The van der Waals surface area contributed by atoms with Gasteiger partial charge in [0.2, 0.25) is 6.21 Å². The largest absolute Gasteiger partial charge is 0.375 e. The zero-order valence-electron chi connectivity index (χ0n) is 29.7. The average Bonchev–Trinajstić information content (AvgIpc) is 4.01. The minimum Gasteiger partial charge on any atom is -0.334 e. The summed E-state index contributed by atoms with van der Waals surface area (Å²) >= 11 is 2.15. The second kappa shape index (κ2) is 11.2. The summed E-state index contributed by atoms with van der Waals surface area (Å²) in [4.78, 5) is 4.42.